The average molecular weight is 345 g/mol. The summed E-state index contributed by atoms with van der Waals surface area (Å²) in [4.78, 5) is 9.02. The highest BCUT2D eigenvalue weighted by molar-refractivity contribution is 7.09. The second-order valence-electron chi connectivity index (χ2n) is 5.20. The highest BCUT2D eigenvalue weighted by Gasteiger charge is 2.14. The summed E-state index contributed by atoms with van der Waals surface area (Å²) >= 11 is 1.58. The summed E-state index contributed by atoms with van der Waals surface area (Å²) in [6.07, 6.45) is 0.510. The summed E-state index contributed by atoms with van der Waals surface area (Å²) in [5.74, 6) is 1.84. The van der Waals surface area contributed by atoms with E-state index in [-0.39, 0.29) is 6.10 Å². The van der Waals surface area contributed by atoms with Gasteiger partial charge < -0.3 is 14.0 Å². The SMILES string of the molecule is CCO[C@@H](C)c1nc(Cc2nc(-c3cccc(OC)c3)no2)cs1. The molecule has 24 heavy (non-hydrogen) atoms. The zero-order chi connectivity index (χ0) is 16.9. The van der Waals surface area contributed by atoms with E-state index in [9.17, 15) is 0 Å². The molecule has 0 spiro atoms. The van der Waals surface area contributed by atoms with Gasteiger partial charge in [0.2, 0.25) is 11.7 Å². The van der Waals surface area contributed by atoms with E-state index in [1.54, 1.807) is 18.4 Å². The molecule has 3 aromatic rings. The standard InChI is InChI=1S/C17H19N3O3S/c1-4-22-11(2)17-18-13(10-24-17)9-15-19-16(20-23-15)12-6-5-7-14(8-12)21-3/h5-8,10-11H,4,9H2,1-3H3/t11-/m0/s1. The monoisotopic (exact) mass is 345 g/mol. The van der Waals surface area contributed by atoms with Crippen molar-refractivity contribution in [1.29, 1.82) is 0 Å². The predicted molar refractivity (Wildman–Crippen MR) is 91.2 cm³/mol. The third kappa shape index (κ3) is 3.80. The van der Waals surface area contributed by atoms with Gasteiger partial charge in [0.05, 0.1) is 19.2 Å². The maximum atomic E-state index is 5.56. The van der Waals surface area contributed by atoms with Gasteiger partial charge in [-0.2, -0.15) is 4.98 Å². The van der Waals surface area contributed by atoms with E-state index in [1.165, 1.54) is 0 Å². The summed E-state index contributed by atoms with van der Waals surface area (Å²) in [6.45, 7) is 4.65. The van der Waals surface area contributed by atoms with Crippen molar-refractivity contribution in [3.63, 3.8) is 0 Å². The summed E-state index contributed by atoms with van der Waals surface area (Å²) in [7, 11) is 1.63. The Balaban J connectivity index is 1.72. The number of nitrogens with zero attached hydrogens (tertiary/aromatic N) is 3. The minimum absolute atomic E-state index is 0.00350. The van der Waals surface area contributed by atoms with Crippen LogP contribution in [0.25, 0.3) is 11.4 Å². The molecule has 6 nitrogen and oxygen atoms in total. The second-order valence-corrected chi connectivity index (χ2v) is 6.08. The van der Waals surface area contributed by atoms with Crippen molar-refractivity contribution in [1.82, 2.24) is 15.1 Å². The largest absolute Gasteiger partial charge is 0.497 e. The maximum absolute atomic E-state index is 5.56. The van der Waals surface area contributed by atoms with Crippen LogP contribution >= 0.6 is 11.3 Å². The fourth-order valence-electron chi connectivity index (χ4n) is 2.27. The average Bonchev–Trinajstić information content (AvgIpc) is 3.25. The number of hydrogen-bond acceptors (Lipinski definition) is 7. The number of hydrogen-bond donors (Lipinski definition) is 0. The van der Waals surface area contributed by atoms with Gasteiger partial charge in [-0.3, -0.25) is 0 Å². The molecule has 0 radical (unpaired) electrons. The summed E-state index contributed by atoms with van der Waals surface area (Å²) in [5, 5.41) is 7.00. The van der Waals surface area contributed by atoms with E-state index in [0.717, 1.165) is 22.0 Å². The molecule has 2 aromatic heterocycles. The van der Waals surface area contributed by atoms with E-state index in [0.29, 0.717) is 24.7 Å². The molecule has 2 heterocycles. The van der Waals surface area contributed by atoms with E-state index >= 15 is 0 Å². The molecule has 0 aliphatic carbocycles. The summed E-state index contributed by atoms with van der Waals surface area (Å²) in [5.41, 5.74) is 1.76. The maximum Gasteiger partial charge on any atom is 0.233 e. The van der Waals surface area contributed by atoms with Crippen LogP contribution in [-0.2, 0) is 11.2 Å². The lowest BCUT2D eigenvalue weighted by atomic mass is 10.2. The first-order chi connectivity index (χ1) is 11.7. The van der Waals surface area contributed by atoms with Crippen molar-refractivity contribution in [2.45, 2.75) is 26.4 Å². The molecule has 1 atom stereocenters. The van der Waals surface area contributed by atoms with Gasteiger partial charge in [0.15, 0.2) is 0 Å². The molecule has 0 saturated carbocycles. The molecule has 0 N–H and O–H groups in total. The second kappa shape index (κ2) is 7.55. The van der Waals surface area contributed by atoms with Gasteiger partial charge in [-0.05, 0) is 26.0 Å². The molecule has 0 unspecified atom stereocenters. The number of rotatable bonds is 7. The Morgan fingerprint density at radius 3 is 2.96 bits per heavy atom. The smallest absolute Gasteiger partial charge is 0.233 e. The fraction of sp³-hybridized carbons (Fsp3) is 0.353. The van der Waals surface area contributed by atoms with E-state index in [2.05, 4.69) is 15.1 Å². The van der Waals surface area contributed by atoms with Gasteiger partial charge in [0.1, 0.15) is 16.9 Å². The van der Waals surface area contributed by atoms with Gasteiger partial charge in [0.25, 0.3) is 0 Å². The van der Waals surface area contributed by atoms with Crippen LogP contribution in [0.2, 0.25) is 0 Å². The Bertz CT molecular complexity index is 800. The third-order valence-electron chi connectivity index (χ3n) is 3.46. The molecule has 7 heteroatoms. The van der Waals surface area contributed by atoms with Crippen molar-refractivity contribution < 1.29 is 14.0 Å². The lowest BCUT2D eigenvalue weighted by Crippen LogP contribution is -1.99. The van der Waals surface area contributed by atoms with Crippen LogP contribution in [0.5, 0.6) is 5.75 Å². The van der Waals surface area contributed by atoms with Gasteiger partial charge in [-0.25, -0.2) is 4.98 Å². The Kier molecular flexibility index (Phi) is 5.22. The zero-order valence-electron chi connectivity index (χ0n) is 13.9. The summed E-state index contributed by atoms with van der Waals surface area (Å²) in [6, 6.07) is 7.56. The minimum atomic E-state index is 0.00350. The first-order valence-electron chi connectivity index (χ1n) is 7.72. The van der Waals surface area contributed by atoms with Crippen molar-refractivity contribution >= 4 is 11.3 Å². The molecular formula is C17H19N3O3S. The first-order valence-corrected chi connectivity index (χ1v) is 8.60. The third-order valence-corrected chi connectivity index (χ3v) is 4.52. The van der Waals surface area contributed by atoms with Crippen LogP contribution in [0.3, 0.4) is 0 Å². The van der Waals surface area contributed by atoms with Gasteiger partial charge in [-0.15, -0.1) is 11.3 Å². The lowest BCUT2D eigenvalue weighted by Gasteiger charge is -2.06. The highest BCUT2D eigenvalue weighted by atomic mass is 32.1. The Morgan fingerprint density at radius 1 is 1.29 bits per heavy atom. The summed E-state index contributed by atoms with van der Waals surface area (Å²) < 4.78 is 16.1. The van der Waals surface area contributed by atoms with Crippen LogP contribution in [-0.4, -0.2) is 28.8 Å². The van der Waals surface area contributed by atoms with Gasteiger partial charge in [-0.1, -0.05) is 17.3 Å². The van der Waals surface area contributed by atoms with Crippen molar-refractivity contribution in [2.24, 2.45) is 0 Å². The fourth-order valence-corrected chi connectivity index (χ4v) is 3.10. The molecule has 0 fully saturated rings. The van der Waals surface area contributed by atoms with Crippen molar-refractivity contribution in [2.75, 3.05) is 13.7 Å². The predicted octanol–water partition coefficient (Wildman–Crippen LogP) is 3.89. The Labute approximate surface area is 144 Å². The van der Waals surface area contributed by atoms with Crippen LogP contribution in [0, 0.1) is 0 Å². The Hall–Kier alpha value is -2.25. The zero-order valence-corrected chi connectivity index (χ0v) is 14.7. The molecule has 3 rings (SSSR count). The van der Waals surface area contributed by atoms with E-state index in [1.807, 2.05) is 43.5 Å². The van der Waals surface area contributed by atoms with Gasteiger partial charge in [0, 0.05) is 17.6 Å². The van der Waals surface area contributed by atoms with E-state index in [4.69, 9.17) is 14.0 Å². The number of thiazole rings is 1. The number of methoxy groups -OCH3 is 1. The molecule has 126 valence electrons. The van der Waals surface area contributed by atoms with E-state index < -0.39 is 0 Å². The van der Waals surface area contributed by atoms with Gasteiger partial charge >= 0.3 is 0 Å². The lowest BCUT2D eigenvalue weighted by molar-refractivity contribution is 0.0761. The molecule has 0 bridgehead atoms. The van der Waals surface area contributed by atoms with Crippen LogP contribution in [0.1, 0.15) is 36.5 Å². The number of aromatic nitrogens is 3. The Morgan fingerprint density at radius 2 is 2.17 bits per heavy atom. The van der Waals surface area contributed by atoms with Crippen molar-refractivity contribution in [3.05, 3.63) is 46.2 Å². The minimum Gasteiger partial charge on any atom is -0.497 e. The normalized spacial score (nSPS) is 12.3. The van der Waals surface area contributed by atoms with Crippen molar-refractivity contribution in [3.8, 4) is 17.1 Å². The first kappa shape index (κ1) is 16.6. The van der Waals surface area contributed by atoms with Crippen LogP contribution in [0.4, 0.5) is 0 Å². The highest BCUT2D eigenvalue weighted by Crippen LogP contribution is 2.24. The van der Waals surface area contributed by atoms with Crippen LogP contribution < -0.4 is 4.74 Å². The molecular weight excluding hydrogens is 326 g/mol. The molecule has 0 amide bonds. The quantitative estimate of drug-likeness (QED) is 0.647. The topological polar surface area (TPSA) is 70.3 Å². The molecule has 0 aliphatic heterocycles. The molecule has 0 saturated heterocycles. The van der Waals surface area contributed by atoms with Crippen LogP contribution in [0.15, 0.2) is 34.2 Å². The number of ether oxygens (including phenoxy) is 2. The number of benzene rings is 1. The molecule has 1 aromatic carbocycles. The molecule has 0 aliphatic rings.